The fourth-order valence-electron chi connectivity index (χ4n) is 2.17. The first-order valence-electron chi connectivity index (χ1n) is 4.44. The summed E-state index contributed by atoms with van der Waals surface area (Å²) in [5, 5.41) is 7.23. The van der Waals surface area contributed by atoms with Gasteiger partial charge < -0.3 is 10.5 Å². The number of nitrogens with one attached hydrogen (secondary N) is 1. The Morgan fingerprint density at radius 3 is 2.50 bits per heavy atom. The Morgan fingerprint density at radius 1 is 1.42 bits per heavy atom. The van der Waals surface area contributed by atoms with Crippen LogP contribution in [0.5, 0.6) is 0 Å². The van der Waals surface area contributed by atoms with Gasteiger partial charge in [-0.05, 0) is 12.8 Å². The van der Waals surface area contributed by atoms with Gasteiger partial charge in [-0.25, -0.2) is 0 Å². The minimum atomic E-state index is 0.272. The molecule has 2 rings (SSSR count). The number of nitrogens with two attached hydrogens (primary N) is 1. The molecule has 2 fully saturated rings. The van der Waals surface area contributed by atoms with E-state index in [1.54, 1.807) is 0 Å². The molecule has 2 atom stereocenters. The maximum Gasteiger partial charge on any atom is 0.105 e. The van der Waals surface area contributed by atoms with Crippen molar-refractivity contribution in [3.05, 3.63) is 0 Å². The van der Waals surface area contributed by atoms with Gasteiger partial charge in [0.25, 0.3) is 0 Å². The molecule has 0 aliphatic carbocycles. The molecule has 2 bridgehead atoms. The number of ether oxygens (including phenoxy) is 1. The van der Waals surface area contributed by atoms with E-state index in [0.717, 1.165) is 13.2 Å². The second-order valence-corrected chi connectivity index (χ2v) is 3.62. The third-order valence-corrected chi connectivity index (χ3v) is 2.74. The van der Waals surface area contributed by atoms with Crippen LogP contribution in [0.1, 0.15) is 12.8 Å². The molecule has 0 amide bonds. The molecule has 12 heavy (non-hydrogen) atoms. The molecule has 2 heterocycles. The normalized spacial score (nSPS) is 35.3. The van der Waals surface area contributed by atoms with Crippen molar-refractivity contribution >= 4 is 5.84 Å². The zero-order chi connectivity index (χ0) is 8.55. The lowest BCUT2D eigenvalue weighted by Gasteiger charge is -2.33. The fourth-order valence-corrected chi connectivity index (χ4v) is 2.17. The number of fused-ring (bicyclic) bond motifs is 2. The average molecular weight is 169 g/mol. The standard InChI is InChI=1S/C8H15N3O/c9-8(10)3-11-6-1-2-7(11)5-12-4-6/h6-7H,1-5H2,(H3,9,10). The van der Waals surface area contributed by atoms with Crippen molar-refractivity contribution in [2.24, 2.45) is 5.73 Å². The van der Waals surface area contributed by atoms with Crippen LogP contribution in [-0.4, -0.2) is 42.6 Å². The van der Waals surface area contributed by atoms with Gasteiger partial charge in [-0.1, -0.05) is 0 Å². The van der Waals surface area contributed by atoms with Crippen LogP contribution in [0, 0.1) is 5.41 Å². The Labute approximate surface area is 72.2 Å². The Hall–Kier alpha value is -0.610. The predicted octanol–water partition coefficient (Wildman–Crippen LogP) is -0.214. The lowest BCUT2D eigenvalue weighted by molar-refractivity contribution is -0.00657. The van der Waals surface area contributed by atoms with Crippen molar-refractivity contribution in [2.45, 2.75) is 24.9 Å². The molecule has 4 heteroatoms. The molecule has 4 nitrogen and oxygen atoms in total. The van der Waals surface area contributed by atoms with Crippen LogP contribution >= 0.6 is 0 Å². The highest BCUT2D eigenvalue weighted by atomic mass is 16.5. The van der Waals surface area contributed by atoms with Gasteiger partial charge in [-0.3, -0.25) is 10.3 Å². The van der Waals surface area contributed by atoms with Crippen LogP contribution in [-0.2, 0) is 4.74 Å². The molecule has 2 saturated heterocycles. The number of rotatable bonds is 2. The maximum absolute atomic E-state index is 7.23. The predicted molar refractivity (Wildman–Crippen MR) is 46.2 cm³/mol. The van der Waals surface area contributed by atoms with E-state index in [4.69, 9.17) is 15.9 Å². The van der Waals surface area contributed by atoms with Gasteiger partial charge in [0.1, 0.15) is 5.84 Å². The van der Waals surface area contributed by atoms with Crippen LogP contribution in [0.25, 0.3) is 0 Å². The molecular formula is C8H15N3O. The molecule has 2 aliphatic rings. The molecule has 0 spiro atoms. The molecule has 0 aromatic carbocycles. The van der Waals surface area contributed by atoms with Gasteiger partial charge in [0.2, 0.25) is 0 Å². The minimum absolute atomic E-state index is 0.272. The summed E-state index contributed by atoms with van der Waals surface area (Å²) in [5.74, 6) is 0.272. The van der Waals surface area contributed by atoms with Gasteiger partial charge in [0.05, 0.1) is 19.8 Å². The lowest BCUT2D eigenvalue weighted by atomic mass is 10.2. The summed E-state index contributed by atoms with van der Waals surface area (Å²) in [7, 11) is 0. The number of amidine groups is 1. The Balaban J connectivity index is 2.00. The molecule has 3 N–H and O–H groups in total. The van der Waals surface area contributed by atoms with Crippen LogP contribution in [0.3, 0.4) is 0 Å². The quantitative estimate of drug-likeness (QED) is 0.444. The zero-order valence-corrected chi connectivity index (χ0v) is 7.12. The first-order valence-corrected chi connectivity index (χ1v) is 4.44. The van der Waals surface area contributed by atoms with E-state index in [0.29, 0.717) is 18.6 Å². The maximum atomic E-state index is 7.23. The molecule has 0 aromatic heterocycles. The highest BCUT2D eigenvalue weighted by molar-refractivity contribution is 5.79. The lowest BCUT2D eigenvalue weighted by Crippen LogP contribution is -2.49. The molecule has 0 aromatic rings. The first-order chi connectivity index (χ1) is 5.77. The van der Waals surface area contributed by atoms with E-state index in [1.807, 2.05) is 0 Å². The van der Waals surface area contributed by atoms with Crippen LogP contribution < -0.4 is 5.73 Å². The highest BCUT2D eigenvalue weighted by Gasteiger charge is 2.37. The van der Waals surface area contributed by atoms with Crippen molar-refractivity contribution in [3.63, 3.8) is 0 Å². The van der Waals surface area contributed by atoms with E-state index >= 15 is 0 Å². The smallest absolute Gasteiger partial charge is 0.105 e. The summed E-state index contributed by atoms with van der Waals surface area (Å²) < 4.78 is 5.42. The number of nitrogens with zero attached hydrogens (tertiary/aromatic N) is 1. The van der Waals surface area contributed by atoms with E-state index < -0.39 is 0 Å². The van der Waals surface area contributed by atoms with E-state index in [9.17, 15) is 0 Å². The first kappa shape index (κ1) is 8.01. The van der Waals surface area contributed by atoms with Crippen LogP contribution in [0.15, 0.2) is 0 Å². The fraction of sp³-hybridized carbons (Fsp3) is 0.875. The Morgan fingerprint density at radius 2 is 2.00 bits per heavy atom. The molecule has 68 valence electrons. The van der Waals surface area contributed by atoms with Crippen molar-refractivity contribution in [1.82, 2.24) is 4.90 Å². The Bertz CT molecular complexity index is 179. The van der Waals surface area contributed by atoms with Gasteiger partial charge in [-0.2, -0.15) is 0 Å². The van der Waals surface area contributed by atoms with Gasteiger partial charge in [0.15, 0.2) is 0 Å². The molecule has 0 radical (unpaired) electrons. The average Bonchev–Trinajstić information content (AvgIpc) is 2.30. The second kappa shape index (κ2) is 3.03. The van der Waals surface area contributed by atoms with Crippen molar-refractivity contribution < 1.29 is 4.74 Å². The van der Waals surface area contributed by atoms with E-state index in [1.165, 1.54) is 12.8 Å². The van der Waals surface area contributed by atoms with Crippen LogP contribution in [0.2, 0.25) is 0 Å². The number of hydrogen-bond donors (Lipinski definition) is 2. The summed E-state index contributed by atoms with van der Waals surface area (Å²) in [6, 6.07) is 1.04. The number of morpholine rings is 1. The summed E-state index contributed by atoms with van der Waals surface area (Å²) in [5.41, 5.74) is 5.38. The summed E-state index contributed by atoms with van der Waals surface area (Å²) in [6.45, 7) is 2.27. The van der Waals surface area contributed by atoms with Crippen molar-refractivity contribution in [3.8, 4) is 0 Å². The Kier molecular flexibility index (Phi) is 2.02. The van der Waals surface area contributed by atoms with E-state index in [-0.39, 0.29) is 5.84 Å². The minimum Gasteiger partial charge on any atom is -0.387 e. The van der Waals surface area contributed by atoms with Gasteiger partial charge >= 0.3 is 0 Å². The van der Waals surface area contributed by atoms with Crippen molar-refractivity contribution in [2.75, 3.05) is 19.8 Å². The molecule has 2 aliphatic heterocycles. The monoisotopic (exact) mass is 169 g/mol. The number of hydrogen-bond acceptors (Lipinski definition) is 3. The van der Waals surface area contributed by atoms with Gasteiger partial charge in [-0.15, -0.1) is 0 Å². The third-order valence-electron chi connectivity index (χ3n) is 2.74. The largest absolute Gasteiger partial charge is 0.387 e. The molecular weight excluding hydrogens is 154 g/mol. The van der Waals surface area contributed by atoms with Crippen molar-refractivity contribution in [1.29, 1.82) is 5.41 Å². The SMILES string of the molecule is N=C(N)CN1C2CCC1COC2. The third kappa shape index (κ3) is 1.32. The summed E-state index contributed by atoms with van der Waals surface area (Å²) >= 11 is 0. The topological polar surface area (TPSA) is 62.3 Å². The summed E-state index contributed by atoms with van der Waals surface area (Å²) in [4.78, 5) is 2.31. The van der Waals surface area contributed by atoms with E-state index in [2.05, 4.69) is 4.90 Å². The van der Waals surface area contributed by atoms with Crippen LogP contribution in [0.4, 0.5) is 0 Å². The highest BCUT2D eigenvalue weighted by Crippen LogP contribution is 2.27. The molecule has 0 saturated carbocycles. The second-order valence-electron chi connectivity index (χ2n) is 3.62. The zero-order valence-electron chi connectivity index (χ0n) is 7.12. The molecule has 2 unspecified atom stereocenters. The summed E-state index contributed by atoms with van der Waals surface area (Å²) in [6.07, 6.45) is 2.41. The van der Waals surface area contributed by atoms with Gasteiger partial charge in [0, 0.05) is 12.1 Å².